The Labute approximate surface area is 164 Å². The number of rotatable bonds is 5. The van der Waals surface area contributed by atoms with Crippen molar-refractivity contribution in [1.29, 1.82) is 5.53 Å². The second kappa shape index (κ2) is 7.79. The Morgan fingerprint density at radius 3 is 2.74 bits per heavy atom. The van der Waals surface area contributed by atoms with Gasteiger partial charge in [0.15, 0.2) is 0 Å². The van der Waals surface area contributed by atoms with E-state index in [-0.39, 0.29) is 34.4 Å². The first-order valence-corrected chi connectivity index (χ1v) is 8.91. The van der Waals surface area contributed by atoms with Crippen LogP contribution in [-0.4, -0.2) is 22.8 Å². The number of nitrogens with zero attached hydrogens (tertiary/aromatic N) is 3. The number of halogens is 5. The number of benzene rings is 1. The van der Waals surface area contributed by atoms with Gasteiger partial charge in [0.2, 0.25) is 0 Å². The molecule has 1 aromatic carbocycles. The normalized spacial score (nSPS) is 12.0. The van der Waals surface area contributed by atoms with Gasteiger partial charge in [-0.1, -0.05) is 23.2 Å². The minimum atomic E-state index is -4.43. The van der Waals surface area contributed by atoms with Crippen molar-refractivity contribution < 1.29 is 17.9 Å². The average Bonchev–Trinajstić information content (AvgIpc) is 3.05. The van der Waals surface area contributed by atoms with Crippen LogP contribution in [0.25, 0.3) is 21.5 Å². The van der Waals surface area contributed by atoms with Crippen molar-refractivity contribution in [2.45, 2.75) is 6.18 Å². The van der Waals surface area contributed by atoms with E-state index in [1.807, 2.05) is 0 Å². The second-order valence-corrected chi connectivity index (χ2v) is 6.88. The van der Waals surface area contributed by atoms with E-state index in [2.05, 4.69) is 15.1 Å². The van der Waals surface area contributed by atoms with Crippen molar-refractivity contribution in [2.75, 3.05) is 6.61 Å². The summed E-state index contributed by atoms with van der Waals surface area (Å²) in [5, 5.41) is 6.13. The molecule has 0 amide bonds. The summed E-state index contributed by atoms with van der Waals surface area (Å²) in [6.45, 7) is -0.350. The predicted octanol–water partition coefficient (Wildman–Crippen LogP) is 6.82. The molecule has 0 aliphatic heterocycles. The third-order valence-electron chi connectivity index (χ3n) is 3.31. The van der Waals surface area contributed by atoms with Crippen LogP contribution in [0.3, 0.4) is 0 Å². The Balaban J connectivity index is 2.09. The van der Waals surface area contributed by atoms with Crippen LogP contribution in [0.2, 0.25) is 10.0 Å². The Bertz CT molecular complexity index is 1040. The number of nitrogens with one attached hydrogen (secondary N) is 1. The lowest BCUT2D eigenvalue weighted by Gasteiger charge is -2.13. The molecule has 0 unspecified atom stereocenters. The molecule has 0 saturated carbocycles. The highest BCUT2D eigenvalue weighted by Gasteiger charge is 2.22. The molecule has 0 fully saturated rings. The molecule has 0 saturated heterocycles. The molecule has 0 radical (unpaired) electrons. The van der Waals surface area contributed by atoms with Crippen LogP contribution in [0.4, 0.5) is 19.1 Å². The highest BCUT2D eigenvalue weighted by molar-refractivity contribution is 7.16. The molecule has 1 N–H and O–H groups in total. The van der Waals surface area contributed by atoms with E-state index in [9.17, 15) is 13.2 Å². The zero-order chi connectivity index (χ0) is 19.6. The number of hydrogen-bond acceptors (Lipinski definition) is 6. The maximum atomic E-state index is 12.2. The monoisotopic (exact) mass is 432 g/mol. The number of allylic oxidation sites excluding steroid dienone is 1. The Kier molecular flexibility index (Phi) is 5.64. The van der Waals surface area contributed by atoms with Crippen LogP contribution in [0.1, 0.15) is 0 Å². The highest BCUT2D eigenvalue weighted by atomic mass is 35.5. The molecule has 3 aromatic rings. The summed E-state index contributed by atoms with van der Waals surface area (Å²) in [5.74, 6) is 0.0790. The van der Waals surface area contributed by atoms with E-state index in [0.717, 1.165) is 6.08 Å². The molecule has 11 heteroatoms. The van der Waals surface area contributed by atoms with E-state index in [1.54, 1.807) is 11.4 Å². The van der Waals surface area contributed by atoms with Crippen LogP contribution < -0.4 is 4.74 Å². The van der Waals surface area contributed by atoms with Crippen LogP contribution in [0.15, 0.2) is 40.8 Å². The molecule has 0 atom stereocenters. The molecule has 0 aliphatic carbocycles. The van der Waals surface area contributed by atoms with E-state index < -0.39 is 6.18 Å². The van der Waals surface area contributed by atoms with Gasteiger partial charge in [-0.3, -0.25) is 0 Å². The van der Waals surface area contributed by atoms with E-state index >= 15 is 0 Å². The van der Waals surface area contributed by atoms with Crippen LogP contribution in [-0.2, 0) is 0 Å². The summed E-state index contributed by atoms with van der Waals surface area (Å²) in [5.41, 5.74) is 7.85. The van der Waals surface area contributed by atoms with Gasteiger partial charge in [0.25, 0.3) is 5.95 Å². The molecule has 0 spiro atoms. The summed E-state index contributed by atoms with van der Waals surface area (Å²) in [6, 6.07) is 4.66. The smallest absolute Gasteiger partial charge is 0.409 e. The summed E-state index contributed by atoms with van der Waals surface area (Å²) >= 11 is 13.7. The minimum Gasteiger partial charge on any atom is -0.489 e. The molecule has 140 valence electrons. The molecular weight excluding hydrogens is 424 g/mol. The zero-order valence-electron chi connectivity index (χ0n) is 13.2. The van der Waals surface area contributed by atoms with Gasteiger partial charge in [-0.2, -0.15) is 18.2 Å². The summed E-state index contributed by atoms with van der Waals surface area (Å²) < 4.78 is 42.2. The lowest BCUT2D eigenvalue weighted by molar-refractivity contribution is -0.0801. The molecular formula is C16H9Cl2F3N4OS. The van der Waals surface area contributed by atoms with E-state index in [0.29, 0.717) is 21.5 Å². The van der Waals surface area contributed by atoms with Crippen molar-refractivity contribution in [3.63, 3.8) is 0 Å². The van der Waals surface area contributed by atoms with Crippen LogP contribution in [0.5, 0.6) is 5.75 Å². The zero-order valence-corrected chi connectivity index (χ0v) is 15.5. The quantitative estimate of drug-likeness (QED) is 0.354. The molecule has 2 aromatic heterocycles. The van der Waals surface area contributed by atoms with Gasteiger partial charge in [0, 0.05) is 16.5 Å². The standard InChI is InChI=1S/C16H9Cl2F3N4OS/c17-8-6-10(18)12(11(7-8)26-4-1-3-16(19,20)21)13-9-2-5-27-14(9)24-15(23-13)25-22/h1-3,5-7,22H,4H2/b3-1+,25-22?. The summed E-state index contributed by atoms with van der Waals surface area (Å²) in [6.07, 6.45) is -3.51. The van der Waals surface area contributed by atoms with E-state index in [4.69, 9.17) is 33.5 Å². The lowest BCUT2D eigenvalue weighted by Crippen LogP contribution is -2.03. The summed E-state index contributed by atoms with van der Waals surface area (Å²) in [7, 11) is 0. The second-order valence-electron chi connectivity index (χ2n) is 5.14. The number of alkyl halides is 3. The average molecular weight is 433 g/mol. The molecule has 3 rings (SSSR count). The molecule has 0 aliphatic rings. The fourth-order valence-electron chi connectivity index (χ4n) is 2.30. The maximum absolute atomic E-state index is 12.2. The third-order valence-corrected chi connectivity index (χ3v) is 4.63. The topological polar surface area (TPSA) is 71.2 Å². The van der Waals surface area contributed by atoms with Crippen molar-refractivity contribution >= 4 is 50.7 Å². The number of aromatic nitrogens is 2. The molecule has 27 heavy (non-hydrogen) atoms. The van der Waals surface area contributed by atoms with Gasteiger partial charge >= 0.3 is 6.18 Å². The number of ether oxygens (including phenoxy) is 1. The third kappa shape index (κ3) is 4.55. The van der Waals surface area contributed by atoms with Gasteiger partial charge in [0.1, 0.15) is 17.2 Å². The predicted molar refractivity (Wildman–Crippen MR) is 98.4 cm³/mol. The number of fused-ring (bicyclic) bond motifs is 1. The number of hydrogen-bond donors (Lipinski definition) is 1. The lowest BCUT2D eigenvalue weighted by atomic mass is 10.1. The first-order valence-electron chi connectivity index (χ1n) is 7.28. The fraction of sp³-hybridized carbons (Fsp3) is 0.125. The van der Waals surface area contributed by atoms with Crippen LogP contribution in [0, 0.1) is 5.53 Å². The molecule has 5 nitrogen and oxygen atoms in total. The van der Waals surface area contributed by atoms with Crippen molar-refractivity contribution in [1.82, 2.24) is 9.97 Å². The molecule has 2 heterocycles. The fourth-order valence-corrected chi connectivity index (χ4v) is 3.62. The van der Waals surface area contributed by atoms with Crippen molar-refractivity contribution in [2.24, 2.45) is 5.11 Å². The first-order chi connectivity index (χ1) is 12.8. The Hall–Kier alpha value is -2.23. The van der Waals surface area contributed by atoms with Gasteiger partial charge in [0.05, 0.1) is 16.3 Å². The largest absolute Gasteiger partial charge is 0.489 e. The Morgan fingerprint density at radius 1 is 1.26 bits per heavy atom. The minimum absolute atomic E-state index is 0.0751. The summed E-state index contributed by atoms with van der Waals surface area (Å²) in [4.78, 5) is 8.93. The van der Waals surface area contributed by atoms with Gasteiger partial charge in [-0.15, -0.1) is 16.5 Å². The van der Waals surface area contributed by atoms with Crippen molar-refractivity contribution in [3.8, 4) is 17.0 Å². The van der Waals surface area contributed by atoms with Crippen LogP contribution >= 0.6 is 34.5 Å². The first kappa shape index (κ1) is 19.5. The molecule has 0 bridgehead atoms. The SMILES string of the molecule is N=Nc1nc(-c2c(Cl)cc(Cl)cc2OC/C=C/C(F)(F)F)c2ccsc2n1. The van der Waals surface area contributed by atoms with Gasteiger partial charge in [-0.05, 0) is 29.7 Å². The van der Waals surface area contributed by atoms with Crippen molar-refractivity contribution in [3.05, 3.63) is 45.8 Å². The van der Waals surface area contributed by atoms with Gasteiger partial charge in [-0.25, -0.2) is 10.5 Å². The number of thiophene rings is 1. The Morgan fingerprint density at radius 2 is 2.04 bits per heavy atom. The maximum Gasteiger partial charge on any atom is 0.409 e. The highest BCUT2D eigenvalue weighted by Crippen LogP contribution is 2.42. The van der Waals surface area contributed by atoms with E-state index in [1.165, 1.54) is 23.5 Å². The van der Waals surface area contributed by atoms with Gasteiger partial charge < -0.3 is 4.74 Å².